The van der Waals surface area contributed by atoms with Gasteiger partial charge in [0.2, 0.25) is 5.43 Å². The van der Waals surface area contributed by atoms with Crippen LogP contribution in [0.5, 0.6) is 0 Å². The van der Waals surface area contributed by atoms with Crippen molar-refractivity contribution in [2.24, 2.45) is 7.05 Å². The van der Waals surface area contributed by atoms with Gasteiger partial charge in [0.25, 0.3) is 5.56 Å². The van der Waals surface area contributed by atoms with Crippen molar-refractivity contribution in [2.75, 3.05) is 0 Å². The van der Waals surface area contributed by atoms with Crippen molar-refractivity contribution >= 4 is 11.0 Å². The molecule has 2 aromatic heterocycles. The zero-order valence-electron chi connectivity index (χ0n) is 7.29. The number of H-pyrrole nitrogens is 2. The van der Waals surface area contributed by atoms with Crippen LogP contribution in [0, 0.1) is 11.3 Å². The predicted molar refractivity (Wildman–Crippen MR) is 48.9 cm³/mol. The molecule has 0 unspecified atom stereocenters. The first kappa shape index (κ1) is 8.31. The highest BCUT2D eigenvalue weighted by Crippen LogP contribution is 2.00. The highest BCUT2D eigenvalue weighted by Gasteiger charge is 2.11. The van der Waals surface area contributed by atoms with Crippen molar-refractivity contribution in [3.8, 4) is 6.07 Å². The molecular weight excluding hydrogens is 184 g/mol. The van der Waals surface area contributed by atoms with E-state index in [4.69, 9.17) is 5.26 Å². The number of pyridine rings is 1. The molecule has 6 nitrogen and oxygen atoms in total. The van der Waals surface area contributed by atoms with Gasteiger partial charge in [-0.25, -0.2) is 0 Å². The van der Waals surface area contributed by atoms with Gasteiger partial charge in [0, 0.05) is 13.2 Å². The lowest BCUT2D eigenvalue weighted by atomic mass is 10.2. The first-order chi connectivity index (χ1) is 6.65. The van der Waals surface area contributed by atoms with E-state index < -0.39 is 11.0 Å². The number of aryl methyl sites for hydroxylation is 1. The average molecular weight is 190 g/mol. The van der Waals surface area contributed by atoms with Gasteiger partial charge in [-0.2, -0.15) is 5.26 Å². The van der Waals surface area contributed by atoms with Crippen molar-refractivity contribution in [3.63, 3.8) is 0 Å². The number of nitrogens with one attached hydrogen (secondary N) is 2. The Balaban J connectivity index is 3.13. The van der Waals surface area contributed by atoms with Gasteiger partial charge < -0.3 is 4.98 Å². The number of rotatable bonds is 0. The van der Waals surface area contributed by atoms with E-state index in [1.165, 1.54) is 10.9 Å². The standard InChI is InChI=1S/C8H6N4O2/c1-12-7-5(8(14)11-12)6(13)4(2-9)3-10-7/h3H,1H3,(H,10,13)(H,11,14). The van der Waals surface area contributed by atoms with Crippen LogP contribution in [0.25, 0.3) is 11.0 Å². The number of aromatic nitrogens is 3. The number of hydrogen-bond donors (Lipinski definition) is 2. The number of nitrogens with zero attached hydrogens (tertiary/aromatic N) is 2. The summed E-state index contributed by atoms with van der Waals surface area (Å²) in [5.41, 5.74) is -0.697. The highest BCUT2D eigenvalue weighted by atomic mass is 16.1. The van der Waals surface area contributed by atoms with E-state index in [9.17, 15) is 9.59 Å². The maximum Gasteiger partial charge on any atom is 0.277 e. The van der Waals surface area contributed by atoms with Crippen molar-refractivity contribution in [1.82, 2.24) is 14.8 Å². The second kappa shape index (κ2) is 2.60. The van der Waals surface area contributed by atoms with Gasteiger partial charge in [-0.05, 0) is 0 Å². The summed E-state index contributed by atoms with van der Waals surface area (Å²) >= 11 is 0. The monoisotopic (exact) mass is 190 g/mol. The Morgan fingerprint density at radius 1 is 1.50 bits per heavy atom. The Hall–Kier alpha value is -2.29. The molecule has 2 N–H and O–H groups in total. The molecule has 2 aromatic rings. The number of fused-ring (bicyclic) bond motifs is 1. The van der Waals surface area contributed by atoms with Crippen LogP contribution in [-0.4, -0.2) is 14.8 Å². The van der Waals surface area contributed by atoms with Gasteiger partial charge in [-0.1, -0.05) is 0 Å². The van der Waals surface area contributed by atoms with Crippen molar-refractivity contribution in [3.05, 3.63) is 32.3 Å². The predicted octanol–water partition coefficient (Wildman–Crippen LogP) is -0.573. The molecule has 0 bridgehead atoms. The fourth-order valence-corrected chi connectivity index (χ4v) is 1.34. The second-order valence-electron chi connectivity index (χ2n) is 2.87. The molecule has 0 amide bonds. The Morgan fingerprint density at radius 2 is 2.21 bits per heavy atom. The van der Waals surface area contributed by atoms with Gasteiger partial charge >= 0.3 is 0 Å². The fourth-order valence-electron chi connectivity index (χ4n) is 1.34. The molecule has 0 saturated carbocycles. The molecule has 0 spiro atoms. The van der Waals surface area contributed by atoms with E-state index in [0.29, 0.717) is 5.65 Å². The minimum atomic E-state index is -0.539. The maximum atomic E-state index is 11.5. The van der Waals surface area contributed by atoms with Crippen LogP contribution in [0.4, 0.5) is 0 Å². The van der Waals surface area contributed by atoms with Crippen molar-refractivity contribution in [2.45, 2.75) is 0 Å². The van der Waals surface area contributed by atoms with Crippen LogP contribution in [0.2, 0.25) is 0 Å². The summed E-state index contributed by atoms with van der Waals surface area (Å²) in [5.74, 6) is 0. The van der Waals surface area contributed by atoms with Gasteiger partial charge in [0.05, 0.1) is 0 Å². The molecule has 70 valence electrons. The fraction of sp³-hybridized carbons (Fsp3) is 0.125. The summed E-state index contributed by atoms with van der Waals surface area (Å²) in [7, 11) is 1.60. The minimum absolute atomic E-state index is 0.00782. The number of nitriles is 1. The zero-order chi connectivity index (χ0) is 10.3. The van der Waals surface area contributed by atoms with Crippen LogP contribution in [0.1, 0.15) is 5.56 Å². The molecule has 0 aliphatic carbocycles. The normalized spacial score (nSPS) is 10.3. The van der Waals surface area contributed by atoms with Crippen molar-refractivity contribution < 1.29 is 0 Å². The number of hydrogen-bond acceptors (Lipinski definition) is 3. The highest BCUT2D eigenvalue weighted by molar-refractivity contribution is 5.75. The third-order valence-electron chi connectivity index (χ3n) is 2.01. The zero-order valence-corrected chi connectivity index (χ0v) is 7.29. The molecule has 0 aliphatic heterocycles. The summed E-state index contributed by atoms with van der Waals surface area (Å²) in [4.78, 5) is 25.5. The van der Waals surface area contributed by atoms with Crippen LogP contribution >= 0.6 is 0 Å². The van der Waals surface area contributed by atoms with Gasteiger partial charge in [0.15, 0.2) is 0 Å². The van der Waals surface area contributed by atoms with Gasteiger partial charge in [0.1, 0.15) is 22.7 Å². The molecular formula is C8H6N4O2. The Bertz CT molecular complexity index is 653. The van der Waals surface area contributed by atoms with Crippen molar-refractivity contribution in [1.29, 1.82) is 5.26 Å². The van der Waals surface area contributed by atoms with Crippen LogP contribution in [-0.2, 0) is 7.05 Å². The Kier molecular flexibility index (Phi) is 1.54. The quantitative estimate of drug-likeness (QED) is 0.582. The molecule has 14 heavy (non-hydrogen) atoms. The van der Waals surface area contributed by atoms with E-state index in [2.05, 4.69) is 10.1 Å². The first-order valence-electron chi connectivity index (χ1n) is 3.85. The maximum absolute atomic E-state index is 11.5. The summed E-state index contributed by atoms with van der Waals surface area (Å²) in [6.07, 6.45) is 1.29. The number of aromatic amines is 2. The van der Waals surface area contributed by atoms with Crippen LogP contribution < -0.4 is 11.0 Å². The summed E-state index contributed by atoms with van der Waals surface area (Å²) in [6.45, 7) is 0. The third kappa shape index (κ3) is 0.894. The minimum Gasteiger partial charge on any atom is -0.345 e. The molecule has 0 radical (unpaired) electrons. The largest absolute Gasteiger partial charge is 0.345 e. The van der Waals surface area contributed by atoms with Gasteiger partial charge in [-0.15, -0.1) is 0 Å². The van der Waals surface area contributed by atoms with Gasteiger partial charge in [-0.3, -0.25) is 19.4 Å². The topological polar surface area (TPSA) is 94.4 Å². The SMILES string of the molecule is Cn1[nH]c(=O)c2c(=O)c(C#N)c[nH]c21. The van der Waals surface area contributed by atoms with E-state index in [1.54, 1.807) is 13.1 Å². The molecule has 0 aromatic carbocycles. The second-order valence-corrected chi connectivity index (χ2v) is 2.87. The van der Waals surface area contributed by atoms with E-state index in [-0.39, 0.29) is 10.9 Å². The van der Waals surface area contributed by atoms with E-state index >= 15 is 0 Å². The molecule has 0 atom stereocenters. The smallest absolute Gasteiger partial charge is 0.277 e. The molecule has 6 heteroatoms. The molecule has 0 aliphatic rings. The summed E-state index contributed by atoms with van der Waals surface area (Å²) < 4.78 is 1.40. The summed E-state index contributed by atoms with van der Waals surface area (Å²) in [6, 6.07) is 1.72. The summed E-state index contributed by atoms with van der Waals surface area (Å²) in [5, 5.41) is 11.0. The molecule has 2 rings (SSSR count). The Labute approximate surface area is 77.4 Å². The third-order valence-corrected chi connectivity index (χ3v) is 2.01. The lowest BCUT2D eigenvalue weighted by Gasteiger charge is -1.93. The lowest BCUT2D eigenvalue weighted by molar-refractivity contribution is 0.774. The lowest BCUT2D eigenvalue weighted by Crippen LogP contribution is -2.13. The Morgan fingerprint density at radius 3 is 2.86 bits per heavy atom. The first-order valence-corrected chi connectivity index (χ1v) is 3.85. The molecule has 0 fully saturated rings. The molecule has 0 saturated heterocycles. The average Bonchev–Trinajstić information content (AvgIpc) is 2.44. The van der Waals surface area contributed by atoms with Crippen LogP contribution in [0.15, 0.2) is 15.8 Å². The van der Waals surface area contributed by atoms with E-state index in [1.807, 2.05) is 0 Å². The molecule has 2 heterocycles. The van der Waals surface area contributed by atoms with Crippen LogP contribution in [0.3, 0.4) is 0 Å². The van der Waals surface area contributed by atoms with E-state index in [0.717, 1.165) is 0 Å².